The second kappa shape index (κ2) is 11.4. The van der Waals surface area contributed by atoms with Gasteiger partial charge in [0.15, 0.2) is 0 Å². The van der Waals surface area contributed by atoms with Crippen LogP contribution in [0, 0.1) is 6.92 Å². The van der Waals surface area contributed by atoms with Crippen molar-refractivity contribution in [3.05, 3.63) is 69.2 Å². The highest BCUT2D eigenvalue weighted by Gasteiger charge is 2.29. The van der Waals surface area contributed by atoms with Crippen molar-refractivity contribution >= 4 is 35.0 Å². The molecule has 0 bridgehead atoms. The first-order valence-electron chi connectivity index (χ1n) is 10.3. The summed E-state index contributed by atoms with van der Waals surface area (Å²) in [6.07, 6.45) is 1.37. The Morgan fingerprint density at radius 1 is 1.00 bits per heavy atom. The Kier molecular flexibility index (Phi) is 9.19. The maximum absolute atomic E-state index is 13.4. The molecule has 2 rings (SSSR count). The highest BCUT2D eigenvalue weighted by Crippen LogP contribution is 2.26. The number of nitrogens with one attached hydrogen (secondary N) is 1. The van der Waals surface area contributed by atoms with Gasteiger partial charge in [-0.3, -0.25) is 9.59 Å². The molecule has 0 saturated heterocycles. The summed E-state index contributed by atoms with van der Waals surface area (Å²) in [6, 6.07) is 12.6. The number of rotatable bonds is 9. The van der Waals surface area contributed by atoms with Crippen LogP contribution < -0.4 is 5.32 Å². The zero-order valence-corrected chi connectivity index (χ0v) is 19.6. The van der Waals surface area contributed by atoms with Crippen molar-refractivity contribution in [3.8, 4) is 0 Å². The molecule has 0 fully saturated rings. The predicted octanol–water partition coefficient (Wildman–Crippen LogP) is 5.57. The lowest BCUT2D eigenvalue weighted by Crippen LogP contribution is -2.51. The van der Waals surface area contributed by atoms with Crippen LogP contribution in [0.5, 0.6) is 0 Å². The van der Waals surface area contributed by atoms with Crippen molar-refractivity contribution in [2.75, 3.05) is 0 Å². The van der Waals surface area contributed by atoms with Gasteiger partial charge in [-0.2, -0.15) is 0 Å². The molecule has 0 heterocycles. The average molecular weight is 449 g/mol. The number of halogens is 2. The number of hydrogen-bond acceptors (Lipinski definition) is 2. The summed E-state index contributed by atoms with van der Waals surface area (Å²) in [5, 5.41) is 3.91. The van der Waals surface area contributed by atoms with Crippen molar-refractivity contribution in [2.45, 2.75) is 65.6 Å². The lowest BCUT2D eigenvalue weighted by molar-refractivity contribution is -0.141. The van der Waals surface area contributed by atoms with Crippen LogP contribution in [-0.2, 0) is 22.6 Å². The first kappa shape index (κ1) is 24.2. The first-order valence-corrected chi connectivity index (χ1v) is 11.1. The van der Waals surface area contributed by atoms with Crippen molar-refractivity contribution < 1.29 is 9.59 Å². The van der Waals surface area contributed by atoms with E-state index in [1.165, 1.54) is 0 Å². The standard InChI is InChI=1S/C24H30Cl2N2O2/c1-5-17(4)27-24(30)22(6-2)28(15-18-12-10-16(3)11-13-18)23(29)14-19-20(25)8-7-9-21(19)26/h7-13,17,22H,5-6,14-15H2,1-4H3,(H,27,30)/t17-,22+/m0/s1. The maximum Gasteiger partial charge on any atom is 0.243 e. The van der Waals surface area contributed by atoms with E-state index in [4.69, 9.17) is 23.2 Å². The van der Waals surface area contributed by atoms with Crippen molar-refractivity contribution in [2.24, 2.45) is 0 Å². The minimum atomic E-state index is -0.575. The van der Waals surface area contributed by atoms with Crippen LogP contribution >= 0.6 is 23.2 Å². The largest absolute Gasteiger partial charge is 0.352 e. The van der Waals surface area contributed by atoms with Gasteiger partial charge in [0.25, 0.3) is 0 Å². The van der Waals surface area contributed by atoms with E-state index in [0.717, 1.165) is 17.5 Å². The summed E-state index contributed by atoms with van der Waals surface area (Å²) in [6.45, 7) is 8.24. The van der Waals surface area contributed by atoms with E-state index in [-0.39, 0.29) is 24.3 Å². The Balaban J connectivity index is 2.34. The third-order valence-corrected chi connectivity index (χ3v) is 5.96. The molecular formula is C24H30Cl2N2O2. The monoisotopic (exact) mass is 448 g/mol. The van der Waals surface area contributed by atoms with Crippen LogP contribution in [0.25, 0.3) is 0 Å². The Morgan fingerprint density at radius 2 is 1.60 bits per heavy atom. The van der Waals surface area contributed by atoms with Gasteiger partial charge in [0, 0.05) is 22.6 Å². The molecule has 2 aromatic rings. The highest BCUT2D eigenvalue weighted by molar-refractivity contribution is 6.36. The van der Waals surface area contributed by atoms with Gasteiger partial charge in [0.2, 0.25) is 11.8 Å². The number of nitrogens with zero attached hydrogens (tertiary/aromatic N) is 1. The number of amides is 2. The van der Waals surface area contributed by atoms with Crippen LogP contribution in [0.2, 0.25) is 10.0 Å². The summed E-state index contributed by atoms with van der Waals surface area (Å²) in [5.41, 5.74) is 2.69. The van der Waals surface area contributed by atoms with E-state index < -0.39 is 6.04 Å². The van der Waals surface area contributed by atoms with Crippen LogP contribution in [0.4, 0.5) is 0 Å². The van der Waals surface area contributed by atoms with Gasteiger partial charge in [-0.05, 0) is 49.9 Å². The summed E-state index contributed by atoms with van der Waals surface area (Å²) >= 11 is 12.6. The number of hydrogen-bond donors (Lipinski definition) is 1. The van der Waals surface area contributed by atoms with Gasteiger partial charge in [-0.1, -0.05) is 72.9 Å². The van der Waals surface area contributed by atoms with Crippen LogP contribution in [0.15, 0.2) is 42.5 Å². The number of benzene rings is 2. The minimum absolute atomic E-state index is 0.0392. The lowest BCUT2D eigenvalue weighted by Gasteiger charge is -2.31. The first-order chi connectivity index (χ1) is 14.3. The van der Waals surface area contributed by atoms with Crippen LogP contribution in [0.3, 0.4) is 0 Å². The molecule has 0 saturated carbocycles. The van der Waals surface area contributed by atoms with E-state index in [2.05, 4.69) is 5.32 Å². The molecule has 4 nitrogen and oxygen atoms in total. The topological polar surface area (TPSA) is 49.4 Å². The van der Waals surface area contributed by atoms with Crippen LogP contribution in [0.1, 0.15) is 50.3 Å². The summed E-state index contributed by atoms with van der Waals surface area (Å²) < 4.78 is 0. The molecule has 6 heteroatoms. The minimum Gasteiger partial charge on any atom is -0.352 e. The fourth-order valence-electron chi connectivity index (χ4n) is 3.20. The van der Waals surface area contributed by atoms with Gasteiger partial charge in [-0.25, -0.2) is 0 Å². The Labute approximate surface area is 189 Å². The van der Waals surface area contributed by atoms with Crippen molar-refractivity contribution in [3.63, 3.8) is 0 Å². The molecule has 0 radical (unpaired) electrons. The van der Waals surface area contributed by atoms with E-state index in [1.54, 1.807) is 23.1 Å². The summed E-state index contributed by atoms with van der Waals surface area (Å²) in [7, 11) is 0. The van der Waals surface area contributed by atoms with Gasteiger partial charge < -0.3 is 10.2 Å². The summed E-state index contributed by atoms with van der Waals surface area (Å²) in [4.78, 5) is 28.0. The van der Waals surface area contributed by atoms with Crippen LogP contribution in [-0.4, -0.2) is 28.8 Å². The van der Waals surface area contributed by atoms with E-state index >= 15 is 0 Å². The molecule has 2 amide bonds. The fraction of sp³-hybridized carbons (Fsp3) is 0.417. The Hall–Kier alpha value is -2.04. The molecule has 0 unspecified atom stereocenters. The van der Waals surface area contributed by atoms with Gasteiger partial charge >= 0.3 is 0 Å². The number of carbonyl (C=O) groups excluding carboxylic acids is 2. The normalized spacial score (nSPS) is 12.9. The Morgan fingerprint density at radius 3 is 2.13 bits per heavy atom. The molecule has 2 aromatic carbocycles. The van der Waals surface area contributed by atoms with E-state index in [1.807, 2.05) is 52.0 Å². The van der Waals surface area contributed by atoms with Gasteiger partial charge in [0.1, 0.15) is 6.04 Å². The van der Waals surface area contributed by atoms with Gasteiger partial charge in [-0.15, -0.1) is 0 Å². The average Bonchev–Trinajstić information content (AvgIpc) is 2.71. The number of carbonyl (C=O) groups is 2. The SMILES string of the molecule is CC[C@H](C(=O)N[C@@H](C)CC)N(Cc1ccc(C)cc1)C(=O)Cc1c(Cl)cccc1Cl. The molecule has 0 aromatic heterocycles. The molecule has 30 heavy (non-hydrogen) atoms. The zero-order chi connectivity index (χ0) is 22.3. The van der Waals surface area contributed by atoms with E-state index in [9.17, 15) is 9.59 Å². The molecule has 162 valence electrons. The highest BCUT2D eigenvalue weighted by atomic mass is 35.5. The molecule has 1 N–H and O–H groups in total. The molecule has 0 aliphatic carbocycles. The predicted molar refractivity (Wildman–Crippen MR) is 124 cm³/mol. The maximum atomic E-state index is 13.4. The summed E-state index contributed by atoms with van der Waals surface area (Å²) in [5.74, 6) is -0.325. The van der Waals surface area contributed by atoms with Gasteiger partial charge in [0.05, 0.1) is 6.42 Å². The zero-order valence-electron chi connectivity index (χ0n) is 18.0. The molecule has 0 aliphatic rings. The second-order valence-electron chi connectivity index (χ2n) is 7.63. The smallest absolute Gasteiger partial charge is 0.243 e. The molecule has 0 spiro atoms. The second-order valence-corrected chi connectivity index (χ2v) is 8.44. The quantitative estimate of drug-likeness (QED) is 0.545. The molecule has 0 aliphatic heterocycles. The molecular weight excluding hydrogens is 419 g/mol. The van der Waals surface area contributed by atoms with E-state index in [0.29, 0.717) is 28.6 Å². The fourth-order valence-corrected chi connectivity index (χ4v) is 3.74. The lowest BCUT2D eigenvalue weighted by atomic mass is 10.1. The number of aryl methyl sites for hydroxylation is 1. The molecule has 2 atom stereocenters. The third-order valence-electron chi connectivity index (χ3n) is 5.25. The van der Waals surface area contributed by atoms with Crippen molar-refractivity contribution in [1.82, 2.24) is 10.2 Å². The Bertz CT molecular complexity index is 848. The third kappa shape index (κ3) is 6.48. The van der Waals surface area contributed by atoms with Crippen molar-refractivity contribution in [1.29, 1.82) is 0 Å².